The van der Waals surface area contributed by atoms with Crippen molar-refractivity contribution >= 4 is 39.6 Å². The van der Waals surface area contributed by atoms with Gasteiger partial charge in [0.1, 0.15) is 0 Å². The zero-order valence-electron chi connectivity index (χ0n) is 11.8. The van der Waals surface area contributed by atoms with Crippen LogP contribution in [0.5, 0.6) is 0 Å². The first-order valence-electron chi connectivity index (χ1n) is 6.60. The third-order valence-corrected chi connectivity index (χ3v) is 4.70. The van der Waals surface area contributed by atoms with Crippen molar-refractivity contribution in [1.29, 1.82) is 0 Å². The summed E-state index contributed by atoms with van der Waals surface area (Å²) in [5, 5.41) is 9.94. The summed E-state index contributed by atoms with van der Waals surface area (Å²) < 4.78 is 0. The largest absolute Gasteiger partial charge is 0.349 e. The highest BCUT2D eigenvalue weighted by molar-refractivity contribution is 7.13. The van der Waals surface area contributed by atoms with E-state index in [9.17, 15) is 9.59 Å². The topological polar surface area (TPSA) is 71.1 Å². The van der Waals surface area contributed by atoms with Crippen LogP contribution in [-0.4, -0.2) is 22.8 Å². The van der Waals surface area contributed by atoms with Crippen LogP contribution in [0.25, 0.3) is 0 Å². The number of nitrogens with zero attached hydrogens (tertiary/aromatic N) is 1. The first-order chi connectivity index (χ1) is 10.1. The molecule has 21 heavy (non-hydrogen) atoms. The lowest BCUT2D eigenvalue weighted by Gasteiger charge is -2.20. The average molecular weight is 323 g/mol. The molecule has 0 radical (unpaired) electrons. The minimum atomic E-state index is -0.0929. The third-order valence-electron chi connectivity index (χ3n) is 3.14. The minimum absolute atomic E-state index is 0.0360. The van der Waals surface area contributed by atoms with E-state index in [1.54, 1.807) is 12.3 Å². The molecule has 2 amide bonds. The number of nitrogens with one attached hydrogen (secondary N) is 2. The van der Waals surface area contributed by atoms with Crippen molar-refractivity contribution in [1.82, 2.24) is 10.3 Å². The molecule has 2 heterocycles. The molecule has 112 valence electrons. The van der Waals surface area contributed by atoms with Crippen LogP contribution in [0.2, 0.25) is 0 Å². The SMILES string of the molecule is C[C@H](NC(=O)c1cccs1)[C@@H](C)CC(=O)Nc1nccs1. The van der Waals surface area contributed by atoms with Crippen LogP contribution in [-0.2, 0) is 4.79 Å². The van der Waals surface area contributed by atoms with Crippen molar-refractivity contribution in [3.8, 4) is 0 Å². The highest BCUT2D eigenvalue weighted by atomic mass is 32.1. The van der Waals surface area contributed by atoms with E-state index < -0.39 is 0 Å². The molecule has 0 saturated heterocycles. The molecule has 2 aromatic rings. The summed E-state index contributed by atoms with van der Waals surface area (Å²) >= 11 is 2.79. The molecule has 2 N–H and O–H groups in total. The molecule has 0 fully saturated rings. The maximum absolute atomic E-state index is 12.0. The lowest BCUT2D eigenvalue weighted by molar-refractivity contribution is -0.117. The summed E-state index contributed by atoms with van der Waals surface area (Å²) in [7, 11) is 0. The van der Waals surface area contributed by atoms with Crippen LogP contribution in [0.15, 0.2) is 29.1 Å². The van der Waals surface area contributed by atoms with Gasteiger partial charge in [0.25, 0.3) is 5.91 Å². The second-order valence-corrected chi connectivity index (χ2v) is 6.65. The number of hydrogen-bond donors (Lipinski definition) is 2. The Morgan fingerprint density at radius 3 is 2.71 bits per heavy atom. The van der Waals surface area contributed by atoms with E-state index in [-0.39, 0.29) is 23.8 Å². The van der Waals surface area contributed by atoms with Gasteiger partial charge in [0.05, 0.1) is 4.88 Å². The van der Waals surface area contributed by atoms with E-state index >= 15 is 0 Å². The summed E-state index contributed by atoms with van der Waals surface area (Å²) in [4.78, 5) is 28.5. The molecule has 7 heteroatoms. The number of thiophene rings is 1. The summed E-state index contributed by atoms with van der Waals surface area (Å²) in [6, 6.07) is 3.54. The van der Waals surface area contributed by atoms with Crippen molar-refractivity contribution < 1.29 is 9.59 Å². The van der Waals surface area contributed by atoms with Crippen molar-refractivity contribution in [3.05, 3.63) is 34.0 Å². The Morgan fingerprint density at radius 2 is 2.10 bits per heavy atom. The standard InChI is InChI=1S/C14H17N3O2S2/c1-9(8-12(18)17-14-15-5-7-21-14)10(2)16-13(19)11-4-3-6-20-11/h3-7,9-10H,8H2,1-2H3,(H,16,19)(H,15,17,18)/t9-,10-/m0/s1. The van der Waals surface area contributed by atoms with Gasteiger partial charge in [0.2, 0.25) is 5.91 Å². The van der Waals surface area contributed by atoms with Crippen LogP contribution in [0.3, 0.4) is 0 Å². The predicted molar refractivity (Wildman–Crippen MR) is 85.8 cm³/mol. The number of thiazole rings is 1. The van der Waals surface area contributed by atoms with Crippen LogP contribution in [0.4, 0.5) is 5.13 Å². The number of carbonyl (C=O) groups is 2. The summed E-state index contributed by atoms with van der Waals surface area (Å²) in [6.07, 6.45) is 1.99. The van der Waals surface area contributed by atoms with Crippen molar-refractivity contribution in [2.24, 2.45) is 5.92 Å². The Bertz CT molecular complexity index is 581. The van der Waals surface area contributed by atoms with Gasteiger partial charge in [-0.25, -0.2) is 4.98 Å². The number of anilines is 1. The molecule has 2 rings (SSSR count). The molecule has 0 aliphatic rings. The Kier molecular flexibility index (Phi) is 5.46. The lowest BCUT2D eigenvalue weighted by Crippen LogP contribution is -2.38. The molecule has 0 saturated carbocycles. The first kappa shape index (κ1) is 15.7. The molecule has 2 aromatic heterocycles. The number of carbonyl (C=O) groups excluding carboxylic acids is 2. The van der Waals surface area contributed by atoms with Gasteiger partial charge < -0.3 is 10.6 Å². The maximum Gasteiger partial charge on any atom is 0.261 e. The Labute approximate surface area is 131 Å². The molecular formula is C14H17N3O2S2. The molecule has 0 bridgehead atoms. The van der Waals surface area contributed by atoms with E-state index in [1.807, 2.05) is 30.7 Å². The molecular weight excluding hydrogens is 306 g/mol. The normalized spacial score (nSPS) is 13.4. The van der Waals surface area contributed by atoms with Gasteiger partial charge in [-0.1, -0.05) is 13.0 Å². The van der Waals surface area contributed by atoms with Crippen molar-refractivity contribution in [3.63, 3.8) is 0 Å². The first-order valence-corrected chi connectivity index (χ1v) is 8.36. The zero-order valence-corrected chi connectivity index (χ0v) is 13.5. The Morgan fingerprint density at radius 1 is 1.29 bits per heavy atom. The molecule has 2 atom stereocenters. The van der Waals surface area contributed by atoms with Gasteiger partial charge in [-0.3, -0.25) is 9.59 Å². The minimum Gasteiger partial charge on any atom is -0.349 e. The molecule has 5 nitrogen and oxygen atoms in total. The summed E-state index contributed by atoms with van der Waals surface area (Å²) in [5.74, 6) is -0.145. The van der Waals surface area contributed by atoms with E-state index in [2.05, 4.69) is 15.6 Å². The van der Waals surface area contributed by atoms with Gasteiger partial charge in [0, 0.05) is 24.0 Å². The molecule has 0 unspecified atom stereocenters. The zero-order chi connectivity index (χ0) is 15.2. The third kappa shape index (κ3) is 4.64. The van der Waals surface area contributed by atoms with Crippen molar-refractivity contribution in [2.45, 2.75) is 26.3 Å². The fraction of sp³-hybridized carbons (Fsp3) is 0.357. The lowest BCUT2D eigenvalue weighted by atomic mass is 9.99. The van der Waals surface area contributed by atoms with Gasteiger partial charge in [0.15, 0.2) is 5.13 Å². The van der Waals surface area contributed by atoms with Gasteiger partial charge in [-0.2, -0.15) is 0 Å². The van der Waals surface area contributed by atoms with Gasteiger partial charge >= 0.3 is 0 Å². The Balaban J connectivity index is 1.80. The summed E-state index contributed by atoms with van der Waals surface area (Å²) in [6.45, 7) is 3.85. The van der Waals surface area contributed by atoms with Gasteiger partial charge in [-0.15, -0.1) is 22.7 Å². The highest BCUT2D eigenvalue weighted by Crippen LogP contribution is 2.15. The van der Waals surface area contributed by atoms with E-state index in [1.165, 1.54) is 22.7 Å². The van der Waals surface area contributed by atoms with Crippen LogP contribution < -0.4 is 10.6 Å². The quantitative estimate of drug-likeness (QED) is 0.858. The van der Waals surface area contributed by atoms with E-state index in [0.717, 1.165) is 0 Å². The fourth-order valence-electron chi connectivity index (χ4n) is 1.75. The predicted octanol–water partition coefficient (Wildman–Crippen LogP) is 2.99. The molecule has 0 aliphatic heterocycles. The van der Waals surface area contributed by atoms with Crippen LogP contribution in [0.1, 0.15) is 29.9 Å². The van der Waals surface area contributed by atoms with Crippen LogP contribution >= 0.6 is 22.7 Å². The molecule has 0 aliphatic carbocycles. The molecule has 0 aromatic carbocycles. The number of hydrogen-bond acceptors (Lipinski definition) is 5. The van der Waals surface area contributed by atoms with E-state index in [0.29, 0.717) is 16.4 Å². The maximum atomic E-state index is 12.0. The highest BCUT2D eigenvalue weighted by Gasteiger charge is 2.19. The fourth-order valence-corrected chi connectivity index (χ4v) is 2.92. The van der Waals surface area contributed by atoms with Gasteiger partial charge in [-0.05, 0) is 24.3 Å². The van der Waals surface area contributed by atoms with E-state index in [4.69, 9.17) is 0 Å². The van der Waals surface area contributed by atoms with Crippen molar-refractivity contribution in [2.75, 3.05) is 5.32 Å². The number of amides is 2. The second kappa shape index (κ2) is 7.33. The smallest absolute Gasteiger partial charge is 0.261 e. The number of rotatable bonds is 6. The monoisotopic (exact) mass is 323 g/mol. The Hall–Kier alpha value is -1.73. The van der Waals surface area contributed by atoms with Crippen LogP contribution in [0, 0.1) is 5.92 Å². The number of aromatic nitrogens is 1. The summed E-state index contributed by atoms with van der Waals surface area (Å²) in [5.41, 5.74) is 0. The second-order valence-electron chi connectivity index (χ2n) is 4.81. The average Bonchev–Trinajstić information content (AvgIpc) is 3.10. The molecule has 0 spiro atoms.